The fourth-order valence-electron chi connectivity index (χ4n) is 16.9. The number of Topliss-reactive ketones (excluding diaryl/α,β-unsaturated/α-hetero) is 6. The topological polar surface area (TPSA) is 153 Å². The normalized spacial score (nSPS) is 40.9. The summed E-state index contributed by atoms with van der Waals surface area (Å²) in [6.45, 7) is 25.6. The molecule has 68 heavy (non-hydrogen) atoms. The molecule has 0 aromatic carbocycles. The van der Waals surface area contributed by atoms with Gasteiger partial charge in [0.2, 0.25) is 0 Å². The number of hydrogen-bond donors (Lipinski definition) is 1. The van der Waals surface area contributed by atoms with Gasteiger partial charge in [-0.05, 0) is 148 Å². The summed E-state index contributed by atoms with van der Waals surface area (Å²) in [4.78, 5) is 96.8. The fraction of sp³-hybridized carbons (Fsp3) is 0.644. The number of rotatable bonds is 8. The van der Waals surface area contributed by atoms with E-state index in [1.807, 2.05) is 52.0 Å². The van der Waals surface area contributed by atoms with Crippen molar-refractivity contribution in [2.24, 2.45) is 73.9 Å². The van der Waals surface area contributed by atoms with Crippen LogP contribution in [0.25, 0.3) is 5.57 Å². The molecule has 1 aromatic heterocycles. The van der Waals surface area contributed by atoms with E-state index in [0.717, 1.165) is 30.4 Å². The lowest BCUT2D eigenvalue weighted by Crippen LogP contribution is -2.61. The molecule has 0 saturated heterocycles. The van der Waals surface area contributed by atoms with Crippen LogP contribution in [0.2, 0.25) is 0 Å². The van der Waals surface area contributed by atoms with Crippen LogP contribution in [0.4, 0.5) is 0 Å². The molecule has 1 heterocycles. The number of fused-ring (bicyclic) bond motifs is 6. The summed E-state index contributed by atoms with van der Waals surface area (Å²) in [7, 11) is 0. The number of hydrogen-bond acceptors (Lipinski definition) is 9. The van der Waals surface area contributed by atoms with Gasteiger partial charge < -0.3 is 9.52 Å². The molecule has 9 nitrogen and oxygen atoms in total. The van der Waals surface area contributed by atoms with Gasteiger partial charge in [-0.25, -0.2) is 4.79 Å². The maximum Gasteiger partial charge on any atom is 0.339 e. The zero-order valence-corrected chi connectivity index (χ0v) is 43.1. The van der Waals surface area contributed by atoms with Crippen molar-refractivity contribution in [1.29, 1.82) is 0 Å². The molecule has 6 saturated carbocycles. The summed E-state index contributed by atoms with van der Waals surface area (Å²) < 4.78 is 5.69. The quantitative estimate of drug-likeness (QED) is 0.152. The highest BCUT2D eigenvalue weighted by Gasteiger charge is 2.72. The van der Waals surface area contributed by atoms with E-state index in [-0.39, 0.29) is 81.7 Å². The molecule has 8 rings (SSSR count). The van der Waals surface area contributed by atoms with Gasteiger partial charge in [-0.1, -0.05) is 85.8 Å². The monoisotopic (exact) mass is 929 g/mol. The van der Waals surface area contributed by atoms with Gasteiger partial charge in [0.25, 0.3) is 0 Å². The highest BCUT2D eigenvalue weighted by Crippen LogP contribution is 2.72. The van der Waals surface area contributed by atoms with Gasteiger partial charge in [-0.3, -0.25) is 28.8 Å². The largest absolute Gasteiger partial charge is 0.423 e. The van der Waals surface area contributed by atoms with Crippen molar-refractivity contribution >= 4 is 40.3 Å². The van der Waals surface area contributed by atoms with Crippen molar-refractivity contribution in [2.45, 2.75) is 166 Å². The molecule has 1 N–H and O–H groups in total. The Hall–Kier alpha value is -4.37. The molecule has 0 spiro atoms. The van der Waals surface area contributed by atoms with E-state index in [2.05, 4.69) is 34.6 Å². The van der Waals surface area contributed by atoms with Gasteiger partial charge in [0.15, 0.2) is 17.3 Å². The molecular formula is C59H76O9. The lowest BCUT2D eigenvalue weighted by Gasteiger charge is -2.62. The van der Waals surface area contributed by atoms with Gasteiger partial charge >= 0.3 is 5.63 Å². The molecule has 0 radical (unpaired) electrons. The molecule has 366 valence electrons. The number of allylic oxidation sites excluding steroid dienone is 9. The van der Waals surface area contributed by atoms with Crippen molar-refractivity contribution in [1.82, 2.24) is 0 Å². The lowest BCUT2D eigenvalue weighted by molar-refractivity contribution is -0.172. The molecule has 1 unspecified atom stereocenters. The number of aryl methyl sites for hydroxylation is 1. The average Bonchev–Trinajstić information content (AvgIpc) is 3.67. The van der Waals surface area contributed by atoms with E-state index < -0.39 is 45.2 Å². The highest BCUT2D eigenvalue weighted by atomic mass is 16.4. The van der Waals surface area contributed by atoms with Gasteiger partial charge in [-0.2, -0.15) is 0 Å². The second-order valence-corrected chi connectivity index (χ2v) is 24.9. The second-order valence-electron chi connectivity index (χ2n) is 24.9. The van der Waals surface area contributed by atoms with Crippen molar-refractivity contribution < 1.29 is 38.3 Å². The first-order chi connectivity index (χ1) is 31.5. The maximum absolute atomic E-state index is 15.0. The molecule has 7 aliphatic rings. The molecule has 6 fully saturated rings. The summed E-state index contributed by atoms with van der Waals surface area (Å²) in [5, 5.41) is 13.2. The van der Waals surface area contributed by atoms with Gasteiger partial charge in [0.05, 0.1) is 0 Å². The molecule has 0 aliphatic heterocycles. The Kier molecular flexibility index (Phi) is 12.2. The fourth-order valence-corrected chi connectivity index (χ4v) is 16.9. The maximum atomic E-state index is 15.0. The molecule has 1 aromatic rings. The van der Waals surface area contributed by atoms with E-state index >= 15 is 4.79 Å². The Balaban J connectivity index is 1.15. The predicted molar refractivity (Wildman–Crippen MR) is 263 cm³/mol. The predicted octanol–water partition coefficient (Wildman–Crippen LogP) is 11.0. The number of carbonyl (C=O) groups is 6. The SMILES string of the molecule is CC(=O)[C@@H]1CC([C@]2(O)C(=O)C[C@H]3[C@@]4(C)CCC(=O)C(C)(C)[C@@H]4CC[C@@]32C)=C[C@@H](/C=C(\C)c2ccc(C)c(=O)o2)[C@H]1C(=O)/C(C)=C/C=C/C(C)=C1\C(=O)C[C@H]2[C@@]3(C)CCC(=O)C(C)(C)C3CC[C@]12C. The van der Waals surface area contributed by atoms with Crippen LogP contribution >= 0.6 is 0 Å². The second kappa shape index (κ2) is 16.6. The zero-order chi connectivity index (χ0) is 50.1. The minimum absolute atomic E-state index is 0.0325. The van der Waals surface area contributed by atoms with Crippen LogP contribution in [0.1, 0.15) is 165 Å². The third-order valence-corrected chi connectivity index (χ3v) is 20.7. The van der Waals surface area contributed by atoms with Crippen molar-refractivity contribution in [2.75, 3.05) is 0 Å². The highest BCUT2D eigenvalue weighted by molar-refractivity contribution is 6.02. The summed E-state index contributed by atoms with van der Waals surface area (Å²) in [6.07, 6.45) is 15.2. The Labute approximate surface area is 403 Å². The first-order valence-corrected chi connectivity index (χ1v) is 25.5. The standard InChI is InChI=1S/C59H76O9/c1-32(50-40(61)30-44-55(10)24-21-46(62)53(6,7)42(55)19-23-57(44,50)12)15-14-16-33(2)51(65)49-37(27-35(4)41-18-17-34(3)52(66)68-41)28-38(29-39(49)36(5)60)59(67)48(64)31-45-56(11)25-22-47(63)54(8,9)43(56)20-26-58(45,59)13/h14-18,27-28,37,39,42-45,49,67H,19-26,29-31H2,1-13H3/b15-14+,33-16+,35-27+,50-32+/t37-,39+,42?,43+,44+,45+,49-,55+,56+,57+,58+,59+/m1/s1. The van der Waals surface area contributed by atoms with Crippen molar-refractivity contribution in [3.63, 3.8) is 0 Å². The van der Waals surface area contributed by atoms with E-state index in [4.69, 9.17) is 4.42 Å². The molecular weight excluding hydrogens is 853 g/mol. The molecule has 9 heteroatoms. The van der Waals surface area contributed by atoms with Crippen LogP contribution in [0, 0.1) is 80.8 Å². The summed E-state index contributed by atoms with van der Waals surface area (Å²) in [6, 6.07) is 3.39. The number of carbonyl (C=O) groups excluding carboxylic acids is 6. The van der Waals surface area contributed by atoms with Crippen LogP contribution < -0.4 is 5.63 Å². The van der Waals surface area contributed by atoms with Crippen molar-refractivity contribution in [3.05, 3.63) is 86.5 Å². The van der Waals surface area contributed by atoms with Crippen molar-refractivity contribution in [3.8, 4) is 0 Å². The third-order valence-electron chi connectivity index (χ3n) is 20.7. The first-order valence-electron chi connectivity index (χ1n) is 25.5. The van der Waals surface area contributed by atoms with Crippen LogP contribution in [0.3, 0.4) is 0 Å². The average molecular weight is 929 g/mol. The molecule has 12 atom stereocenters. The Morgan fingerprint density at radius 2 is 1.31 bits per heavy atom. The minimum Gasteiger partial charge on any atom is -0.423 e. The summed E-state index contributed by atoms with van der Waals surface area (Å²) in [5.74, 6) is -2.05. The number of ketones is 6. The zero-order valence-electron chi connectivity index (χ0n) is 43.1. The number of aliphatic hydroxyl groups is 1. The van der Waals surface area contributed by atoms with E-state index in [0.29, 0.717) is 72.4 Å². The Morgan fingerprint density at radius 1 is 0.721 bits per heavy atom. The Bertz CT molecular complexity index is 2630. The molecule has 7 aliphatic carbocycles. The molecule has 0 bridgehead atoms. The van der Waals surface area contributed by atoms with Crippen LogP contribution in [-0.2, 0) is 28.8 Å². The smallest absolute Gasteiger partial charge is 0.339 e. The van der Waals surface area contributed by atoms with Crippen LogP contribution in [0.5, 0.6) is 0 Å². The third kappa shape index (κ3) is 7.18. The van der Waals surface area contributed by atoms with E-state index in [1.54, 1.807) is 39.0 Å². The van der Waals surface area contributed by atoms with E-state index in [1.165, 1.54) is 6.92 Å². The van der Waals surface area contributed by atoms with E-state index in [9.17, 15) is 33.9 Å². The van der Waals surface area contributed by atoms with Crippen LogP contribution in [-0.4, -0.2) is 45.4 Å². The molecule has 0 amide bonds. The van der Waals surface area contributed by atoms with Gasteiger partial charge in [-0.15, -0.1) is 0 Å². The lowest BCUT2D eigenvalue weighted by atomic mass is 9.42. The van der Waals surface area contributed by atoms with Crippen LogP contribution in [0.15, 0.2) is 74.0 Å². The minimum atomic E-state index is -1.90. The summed E-state index contributed by atoms with van der Waals surface area (Å²) in [5.41, 5.74) is -1.47. The summed E-state index contributed by atoms with van der Waals surface area (Å²) >= 11 is 0. The van der Waals surface area contributed by atoms with Gasteiger partial charge in [0, 0.05) is 76.2 Å². The Morgan fingerprint density at radius 3 is 1.90 bits per heavy atom. The first kappa shape index (κ1) is 50.0. The van der Waals surface area contributed by atoms with Gasteiger partial charge in [0.1, 0.15) is 28.7 Å².